The number of likely N-dealkylation sites (N-methyl/N-ethyl adjacent to an activating group) is 2. The molecule has 0 aromatic rings. The van der Waals surface area contributed by atoms with Crippen LogP contribution in [-0.4, -0.2) is 48.4 Å². The maximum atomic E-state index is 11.2. The highest BCUT2D eigenvalue weighted by atomic mass is 16.2. The van der Waals surface area contributed by atoms with Crippen molar-refractivity contribution in [2.75, 3.05) is 26.7 Å². The number of carbonyl (C=O) groups excluding carboxylic acids is 1. The van der Waals surface area contributed by atoms with Crippen LogP contribution in [0.3, 0.4) is 0 Å². The first-order valence-electron chi connectivity index (χ1n) is 4.61. The summed E-state index contributed by atoms with van der Waals surface area (Å²) in [6.45, 7) is 6.69. The molecule has 0 N–H and O–H groups in total. The molecule has 3 heteroatoms. The van der Waals surface area contributed by atoms with E-state index >= 15 is 0 Å². The highest BCUT2D eigenvalue weighted by Crippen LogP contribution is 2.13. The quantitative estimate of drug-likeness (QED) is 0.604. The summed E-state index contributed by atoms with van der Waals surface area (Å²) < 4.78 is 0. The maximum absolute atomic E-state index is 11.2. The zero-order chi connectivity index (χ0) is 9.14. The molecule has 0 aliphatic carbocycles. The van der Waals surface area contributed by atoms with Gasteiger partial charge in [0.05, 0.1) is 0 Å². The van der Waals surface area contributed by atoms with Crippen molar-refractivity contribution >= 4 is 5.91 Å². The summed E-state index contributed by atoms with van der Waals surface area (Å²) >= 11 is 0. The minimum atomic E-state index is 0.206. The first-order valence-corrected chi connectivity index (χ1v) is 4.61. The number of hydrogen-bond donors (Lipinski definition) is 0. The average molecular weight is 170 g/mol. The average Bonchev–Trinajstić information content (AvgIpc) is 2.37. The van der Waals surface area contributed by atoms with Gasteiger partial charge >= 0.3 is 0 Å². The molecule has 1 fully saturated rings. The normalized spacial score (nSPS) is 24.4. The third-order valence-electron chi connectivity index (χ3n) is 2.55. The molecule has 0 aromatic heterocycles. The Morgan fingerprint density at radius 3 is 2.67 bits per heavy atom. The van der Waals surface area contributed by atoms with E-state index in [1.165, 1.54) is 0 Å². The van der Waals surface area contributed by atoms with Gasteiger partial charge in [-0.25, -0.2) is 0 Å². The molecule has 0 saturated carbocycles. The summed E-state index contributed by atoms with van der Waals surface area (Å²) in [6, 6.07) is 0.456. The molecule has 12 heavy (non-hydrogen) atoms. The molecule has 1 aliphatic rings. The maximum Gasteiger partial charge on any atom is 0.219 e. The van der Waals surface area contributed by atoms with Crippen molar-refractivity contribution in [2.24, 2.45) is 0 Å². The summed E-state index contributed by atoms with van der Waals surface area (Å²) in [5.74, 6) is 0.206. The molecule has 1 saturated heterocycles. The van der Waals surface area contributed by atoms with E-state index in [4.69, 9.17) is 0 Å². The number of amides is 1. The molecule has 3 nitrogen and oxygen atoms in total. The molecule has 1 rings (SSSR count). The topological polar surface area (TPSA) is 23.6 Å². The Labute approximate surface area is 74.3 Å². The van der Waals surface area contributed by atoms with E-state index in [-0.39, 0.29) is 5.91 Å². The Bertz CT molecular complexity index is 170. The predicted molar refractivity (Wildman–Crippen MR) is 49.0 cm³/mol. The molecule has 1 amide bonds. The first-order chi connectivity index (χ1) is 5.65. The van der Waals surface area contributed by atoms with Crippen LogP contribution >= 0.6 is 0 Å². The number of hydrogen-bond acceptors (Lipinski definition) is 2. The van der Waals surface area contributed by atoms with Gasteiger partial charge in [0.25, 0.3) is 0 Å². The fourth-order valence-electron chi connectivity index (χ4n) is 1.90. The smallest absolute Gasteiger partial charge is 0.219 e. The lowest BCUT2D eigenvalue weighted by Gasteiger charge is -2.26. The molecule has 1 unspecified atom stereocenters. The molecule has 0 spiro atoms. The Kier molecular flexibility index (Phi) is 3.09. The summed E-state index contributed by atoms with van der Waals surface area (Å²) in [5, 5.41) is 0. The van der Waals surface area contributed by atoms with Crippen molar-refractivity contribution in [3.05, 3.63) is 0 Å². The summed E-state index contributed by atoms with van der Waals surface area (Å²) in [6.07, 6.45) is 1.13. The van der Waals surface area contributed by atoms with Crippen LogP contribution in [0.15, 0.2) is 0 Å². The van der Waals surface area contributed by atoms with Gasteiger partial charge in [-0.1, -0.05) is 0 Å². The standard InChI is InChI=1S/C9H18N2O/c1-4-11(8(2)12)9-5-6-10(3)7-9/h9H,4-7H2,1-3H3. The first kappa shape index (κ1) is 9.52. The van der Waals surface area contributed by atoms with Crippen molar-refractivity contribution in [3.8, 4) is 0 Å². The Morgan fingerprint density at radius 2 is 2.33 bits per heavy atom. The van der Waals surface area contributed by atoms with Crippen LogP contribution in [0.2, 0.25) is 0 Å². The largest absolute Gasteiger partial charge is 0.339 e. The van der Waals surface area contributed by atoms with Crippen molar-refractivity contribution < 1.29 is 4.79 Å². The van der Waals surface area contributed by atoms with Crippen LogP contribution in [-0.2, 0) is 4.79 Å². The monoisotopic (exact) mass is 170 g/mol. The Hall–Kier alpha value is -0.570. The van der Waals surface area contributed by atoms with Gasteiger partial charge in [0.1, 0.15) is 0 Å². The number of nitrogens with zero attached hydrogens (tertiary/aromatic N) is 2. The fraction of sp³-hybridized carbons (Fsp3) is 0.889. The zero-order valence-electron chi connectivity index (χ0n) is 8.21. The molecule has 1 atom stereocenters. The van der Waals surface area contributed by atoms with Crippen molar-refractivity contribution in [1.82, 2.24) is 9.80 Å². The lowest BCUT2D eigenvalue weighted by molar-refractivity contribution is -0.130. The van der Waals surface area contributed by atoms with E-state index in [2.05, 4.69) is 11.9 Å². The summed E-state index contributed by atoms with van der Waals surface area (Å²) in [4.78, 5) is 15.4. The second-order valence-electron chi connectivity index (χ2n) is 3.51. The third kappa shape index (κ3) is 1.97. The van der Waals surface area contributed by atoms with E-state index < -0.39 is 0 Å². The van der Waals surface area contributed by atoms with Gasteiger partial charge < -0.3 is 9.80 Å². The van der Waals surface area contributed by atoms with Gasteiger partial charge in [0, 0.05) is 26.1 Å². The van der Waals surface area contributed by atoms with Gasteiger partial charge in [-0.15, -0.1) is 0 Å². The van der Waals surface area contributed by atoms with E-state index in [1.54, 1.807) is 6.92 Å². The number of rotatable bonds is 2. The minimum absolute atomic E-state index is 0.206. The zero-order valence-corrected chi connectivity index (χ0v) is 8.21. The van der Waals surface area contributed by atoms with E-state index in [0.717, 1.165) is 26.1 Å². The predicted octanol–water partition coefficient (Wildman–Crippen LogP) is 0.559. The molecular formula is C9H18N2O. The van der Waals surface area contributed by atoms with E-state index in [0.29, 0.717) is 6.04 Å². The van der Waals surface area contributed by atoms with Gasteiger partial charge in [-0.2, -0.15) is 0 Å². The second kappa shape index (κ2) is 3.90. The van der Waals surface area contributed by atoms with Crippen LogP contribution in [0.5, 0.6) is 0 Å². The van der Waals surface area contributed by atoms with Crippen molar-refractivity contribution in [1.29, 1.82) is 0 Å². The van der Waals surface area contributed by atoms with Crippen molar-refractivity contribution in [2.45, 2.75) is 26.3 Å². The number of carbonyl (C=O) groups is 1. The van der Waals surface area contributed by atoms with Crippen LogP contribution < -0.4 is 0 Å². The molecule has 1 heterocycles. The SMILES string of the molecule is CCN(C(C)=O)C1CCN(C)C1. The van der Waals surface area contributed by atoms with Crippen LogP contribution in [0.4, 0.5) is 0 Å². The van der Waals surface area contributed by atoms with Gasteiger partial charge in [0.2, 0.25) is 5.91 Å². The van der Waals surface area contributed by atoms with Crippen LogP contribution in [0, 0.1) is 0 Å². The molecule has 70 valence electrons. The van der Waals surface area contributed by atoms with Crippen LogP contribution in [0.25, 0.3) is 0 Å². The highest BCUT2D eigenvalue weighted by molar-refractivity contribution is 5.73. The summed E-state index contributed by atoms with van der Waals surface area (Å²) in [5.41, 5.74) is 0. The van der Waals surface area contributed by atoms with Crippen LogP contribution in [0.1, 0.15) is 20.3 Å². The molecule has 0 aromatic carbocycles. The Balaban J connectivity index is 2.49. The fourth-order valence-corrected chi connectivity index (χ4v) is 1.90. The highest BCUT2D eigenvalue weighted by Gasteiger charge is 2.25. The molecule has 1 aliphatic heterocycles. The number of likely N-dealkylation sites (tertiary alicyclic amines) is 1. The minimum Gasteiger partial charge on any atom is -0.339 e. The second-order valence-corrected chi connectivity index (χ2v) is 3.51. The molecular weight excluding hydrogens is 152 g/mol. The van der Waals surface area contributed by atoms with E-state index in [1.807, 2.05) is 11.8 Å². The summed E-state index contributed by atoms with van der Waals surface area (Å²) in [7, 11) is 2.11. The van der Waals surface area contributed by atoms with Gasteiger partial charge in [-0.3, -0.25) is 4.79 Å². The van der Waals surface area contributed by atoms with Crippen molar-refractivity contribution in [3.63, 3.8) is 0 Å². The van der Waals surface area contributed by atoms with E-state index in [9.17, 15) is 4.79 Å². The third-order valence-corrected chi connectivity index (χ3v) is 2.55. The molecule has 0 bridgehead atoms. The lowest BCUT2D eigenvalue weighted by Crippen LogP contribution is -2.40. The Morgan fingerprint density at radius 1 is 1.67 bits per heavy atom. The lowest BCUT2D eigenvalue weighted by atomic mass is 10.2. The van der Waals surface area contributed by atoms with Gasteiger partial charge in [-0.05, 0) is 26.9 Å². The molecule has 0 radical (unpaired) electrons. The van der Waals surface area contributed by atoms with Gasteiger partial charge in [0.15, 0.2) is 0 Å².